The number of benzene rings is 1. The minimum Gasteiger partial charge on any atom is -0.370 e. The standard InChI is InChI=1S/C13H14Cl2N4/c1-3-16-12-8(2)13(18-7-17-12)19-10-6-4-5-9(14)11(10)15/h4-7H,3H2,1-2H3,(H2,16,17,18,19). The molecule has 0 amide bonds. The van der Waals surface area contributed by atoms with Gasteiger partial charge in [0.2, 0.25) is 0 Å². The molecule has 1 aromatic heterocycles. The number of nitrogens with one attached hydrogen (secondary N) is 2. The van der Waals surface area contributed by atoms with Crippen LogP contribution in [0, 0.1) is 6.92 Å². The fourth-order valence-electron chi connectivity index (χ4n) is 1.65. The van der Waals surface area contributed by atoms with Gasteiger partial charge in [0.15, 0.2) is 0 Å². The first-order valence-electron chi connectivity index (χ1n) is 5.90. The van der Waals surface area contributed by atoms with Crippen LogP contribution in [0.15, 0.2) is 24.5 Å². The molecule has 19 heavy (non-hydrogen) atoms. The molecule has 2 N–H and O–H groups in total. The third-order valence-electron chi connectivity index (χ3n) is 2.63. The summed E-state index contributed by atoms with van der Waals surface area (Å²) < 4.78 is 0. The molecule has 0 saturated carbocycles. The number of aromatic nitrogens is 2. The zero-order valence-corrected chi connectivity index (χ0v) is 12.2. The fourth-order valence-corrected chi connectivity index (χ4v) is 2.00. The summed E-state index contributed by atoms with van der Waals surface area (Å²) in [6, 6.07) is 5.42. The van der Waals surface area contributed by atoms with E-state index >= 15 is 0 Å². The summed E-state index contributed by atoms with van der Waals surface area (Å²) in [5, 5.41) is 7.33. The Morgan fingerprint density at radius 3 is 2.63 bits per heavy atom. The summed E-state index contributed by atoms with van der Waals surface area (Å²) in [7, 11) is 0. The monoisotopic (exact) mass is 296 g/mol. The van der Waals surface area contributed by atoms with Gasteiger partial charge in [0.1, 0.15) is 18.0 Å². The SMILES string of the molecule is CCNc1ncnc(Nc2cccc(Cl)c2Cl)c1C. The van der Waals surface area contributed by atoms with Gasteiger partial charge in [-0.15, -0.1) is 0 Å². The summed E-state index contributed by atoms with van der Waals surface area (Å²) in [5.41, 5.74) is 1.65. The van der Waals surface area contributed by atoms with Gasteiger partial charge in [-0.1, -0.05) is 29.3 Å². The first-order valence-corrected chi connectivity index (χ1v) is 6.65. The van der Waals surface area contributed by atoms with Crippen molar-refractivity contribution in [1.29, 1.82) is 0 Å². The highest BCUT2D eigenvalue weighted by Crippen LogP contribution is 2.32. The summed E-state index contributed by atoms with van der Waals surface area (Å²) >= 11 is 12.1. The molecular weight excluding hydrogens is 283 g/mol. The molecular formula is C13H14Cl2N4. The van der Waals surface area contributed by atoms with Crippen molar-refractivity contribution in [2.75, 3.05) is 17.2 Å². The number of hydrogen-bond acceptors (Lipinski definition) is 4. The van der Waals surface area contributed by atoms with Gasteiger partial charge < -0.3 is 10.6 Å². The Balaban J connectivity index is 2.33. The maximum Gasteiger partial charge on any atom is 0.138 e. The average Bonchev–Trinajstić information content (AvgIpc) is 2.40. The number of nitrogens with zero attached hydrogens (tertiary/aromatic N) is 2. The first-order chi connectivity index (χ1) is 9.13. The maximum absolute atomic E-state index is 6.14. The molecule has 2 aromatic rings. The first kappa shape index (κ1) is 13.9. The van der Waals surface area contributed by atoms with Crippen LogP contribution in [0.5, 0.6) is 0 Å². The van der Waals surface area contributed by atoms with Gasteiger partial charge in [-0.25, -0.2) is 9.97 Å². The van der Waals surface area contributed by atoms with Crippen LogP contribution >= 0.6 is 23.2 Å². The molecule has 0 atom stereocenters. The van der Waals surface area contributed by atoms with Crippen molar-refractivity contribution >= 4 is 40.5 Å². The van der Waals surface area contributed by atoms with Gasteiger partial charge in [-0.2, -0.15) is 0 Å². The van der Waals surface area contributed by atoms with Gasteiger partial charge >= 0.3 is 0 Å². The predicted molar refractivity (Wildman–Crippen MR) is 80.7 cm³/mol. The van der Waals surface area contributed by atoms with Gasteiger partial charge in [0, 0.05) is 12.1 Å². The Kier molecular flexibility index (Phi) is 4.45. The Labute approximate surface area is 122 Å². The van der Waals surface area contributed by atoms with Gasteiger partial charge in [-0.3, -0.25) is 0 Å². The molecule has 0 saturated heterocycles. The molecule has 100 valence electrons. The lowest BCUT2D eigenvalue weighted by Crippen LogP contribution is -2.05. The van der Waals surface area contributed by atoms with Crippen molar-refractivity contribution in [3.05, 3.63) is 40.1 Å². The van der Waals surface area contributed by atoms with E-state index in [9.17, 15) is 0 Å². The molecule has 0 radical (unpaired) electrons. The Morgan fingerprint density at radius 1 is 1.16 bits per heavy atom. The largest absolute Gasteiger partial charge is 0.370 e. The second-order valence-electron chi connectivity index (χ2n) is 3.95. The molecule has 2 rings (SSSR count). The van der Waals surface area contributed by atoms with Crippen LogP contribution in [-0.2, 0) is 0 Å². The van der Waals surface area contributed by atoms with E-state index in [-0.39, 0.29) is 0 Å². The lowest BCUT2D eigenvalue weighted by molar-refractivity contribution is 1.08. The van der Waals surface area contributed by atoms with E-state index in [0.29, 0.717) is 15.9 Å². The molecule has 0 bridgehead atoms. The Morgan fingerprint density at radius 2 is 1.89 bits per heavy atom. The summed E-state index contributed by atoms with van der Waals surface area (Å²) in [6.07, 6.45) is 1.51. The Hall–Kier alpha value is -1.52. The van der Waals surface area contributed by atoms with Crippen LogP contribution < -0.4 is 10.6 Å². The maximum atomic E-state index is 6.14. The van der Waals surface area contributed by atoms with E-state index in [1.165, 1.54) is 6.33 Å². The molecule has 0 aliphatic carbocycles. The highest BCUT2D eigenvalue weighted by Gasteiger charge is 2.09. The smallest absolute Gasteiger partial charge is 0.138 e. The van der Waals surface area contributed by atoms with E-state index in [1.54, 1.807) is 6.07 Å². The van der Waals surface area contributed by atoms with Crippen LogP contribution in [-0.4, -0.2) is 16.5 Å². The molecule has 0 aliphatic heterocycles. The number of rotatable bonds is 4. The van der Waals surface area contributed by atoms with Crippen molar-refractivity contribution in [3.63, 3.8) is 0 Å². The second kappa shape index (κ2) is 6.08. The zero-order chi connectivity index (χ0) is 13.8. The normalized spacial score (nSPS) is 10.3. The van der Waals surface area contributed by atoms with Crippen molar-refractivity contribution in [2.24, 2.45) is 0 Å². The molecule has 4 nitrogen and oxygen atoms in total. The van der Waals surface area contributed by atoms with E-state index in [4.69, 9.17) is 23.2 Å². The molecule has 6 heteroatoms. The number of anilines is 3. The zero-order valence-electron chi connectivity index (χ0n) is 10.7. The second-order valence-corrected chi connectivity index (χ2v) is 4.74. The summed E-state index contributed by atoms with van der Waals surface area (Å²) in [5.74, 6) is 1.51. The van der Waals surface area contributed by atoms with Gasteiger partial charge in [0.25, 0.3) is 0 Å². The van der Waals surface area contributed by atoms with E-state index in [1.807, 2.05) is 26.0 Å². The van der Waals surface area contributed by atoms with Crippen molar-refractivity contribution < 1.29 is 0 Å². The van der Waals surface area contributed by atoms with Gasteiger partial charge in [-0.05, 0) is 26.0 Å². The van der Waals surface area contributed by atoms with Crippen LogP contribution in [0.1, 0.15) is 12.5 Å². The van der Waals surface area contributed by atoms with Crippen molar-refractivity contribution in [2.45, 2.75) is 13.8 Å². The minimum absolute atomic E-state index is 0.479. The topological polar surface area (TPSA) is 49.8 Å². The third-order valence-corrected chi connectivity index (χ3v) is 3.45. The van der Waals surface area contributed by atoms with Gasteiger partial charge in [0.05, 0.1) is 15.7 Å². The van der Waals surface area contributed by atoms with Crippen LogP contribution in [0.2, 0.25) is 10.0 Å². The third kappa shape index (κ3) is 3.08. The van der Waals surface area contributed by atoms with E-state index in [2.05, 4.69) is 20.6 Å². The minimum atomic E-state index is 0.479. The highest BCUT2D eigenvalue weighted by atomic mass is 35.5. The lowest BCUT2D eigenvalue weighted by Gasteiger charge is -2.13. The Bertz CT molecular complexity index is 587. The quantitative estimate of drug-likeness (QED) is 0.885. The molecule has 1 heterocycles. The van der Waals surface area contributed by atoms with Crippen LogP contribution in [0.25, 0.3) is 0 Å². The molecule has 0 fully saturated rings. The number of hydrogen-bond donors (Lipinski definition) is 2. The molecule has 0 spiro atoms. The highest BCUT2D eigenvalue weighted by molar-refractivity contribution is 6.43. The fraction of sp³-hybridized carbons (Fsp3) is 0.231. The molecule has 0 aliphatic rings. The summed E-state index contributed by atoms with van der Waals surface area (Å²) in [4.78, 5) is 8.41. The number of halogens is 2. The lowest BCUT2D eigenvalue weighted by atomic mass is 10.2. The van der Waals surface area contributed by atoms with Crippen LogP contribution in [0.4, 0.5) is 17.3 Å². The van der Waals surface area contributed by atoms with Crippen molar-refractivity contribution in [1.82, 2.24) is 9.97 Å². The van der Waals surface area contributed by atoms with Crippen LogP contribution in [0.3, 0.4) is 0 Å². The average molecular weight is 297 g/mol. The molecule has 1 aromatic carbocycles. The molecule has 0 unspecified atom stereocenters. The predicted octanol–water partition coefficient (Wildman–Crippen LogP) is 4.27. The van der Waals surface area contributed by atoms with E-state index < -0.39 is 0 Å². The summed E-state index contributed by atoms with van der Waals surface area (Å²) in [6.45, 7) is 4.76. The van der Waals surface area contributed by atoms with Crippen molar-refractivity contribution in [3.8, 4) is 0 Å². The van der Waals surface area contributed by atoms with E-state index in [0.717, 1.165) is 23.6 Å².